The van der Waals surface area contributed by atoms with Crippen molar-refractivity contribution in [1.29, 1.82) is 0 Å². The second kappa shape index (κ2) is 9.51. The lowest BCUT2D eigenvalue weighted by molar-refractivity contribution is -0.393. The summed E-state index contributed by atoms with van der Waals surface area (Å²) < 4.78 is 6.15. The standard InChI is InChI=1S/C24H20N4O7/c1-14(25-26-21-9-5-17(27(31)32)12-22(21)28(33)34)10-24-20(15-2-6-18(29)7-3-15)11-16-4-8-19(30)13-23(16)35-24/h2-9,11-13,24,26,29-30H,10H2,1H3/b25-14+. The van der Waals surface area contributed by atoms with Crippen LogP contribution in [0.5, 0.6) is 17.2 Å². The van der Waals surface area contributed by atoms with Gasteiger partial charge < -0.3 is 14.9 Å². The maximum atomic E-state index is 11.4. The predicted molar refractivity (Wildman–Crippen MR) is 130 cm³/mol. The van der Waals surface area contributed by atoms with Gasteiger partial charge >= 0.3 is 5.69 Å². The quantitative estimate of drug-likeness (QED) is 0.241. The third-order valence-electron chi connectivity index (χ3n) is 5.36. The largest absolute Gasteiger partial charge is 0.508 e. The summed E-state index contributed by atoms with van der Waals surface area (Å²) in [6.45, 7) is 1.71. The zero-order valence-corrected chi connectivity index (χ0v) is 18.4. The number of ether oxygens (including phenoxy) is 1. The van der Waals surface area contributed by atoms with Crippen molar-refractivity contribution in [2.75, 3.05) is 5.43 Å². The Kier molecular flexibility index (Phi) is 6.32. The molecule has 0 bridgehead atoms. The number of phenols is 2. The van der Waals surface area contributed by atoms with E-state index >= 15 is 0 Å². The van der Waals surface area contributed by atoms with Crippen molar-refractivity contribution < 1.29 is 24.8 Å². The fourth-order valence-electron chi connectivity index (χ4n) is 3.65. The normalized spacial score (nSPS) is 14.9. The molecule has 0 saturated heterocycles. The number of nitrogens with one attached hydrogen (secondary N) is 1. The molecule has 4 rings (SSSR count). The molecule has 0 spiro atoms. The third-order valence-corrected chi connectivity index (χ3v) is 5.36. The number of hydrazone groups is 1. The summed E-state index contributed by atoms with van der Waals surface area (Å²) >= 11 is 0. The number of nitrogens with zero attached hydrogens (tertiary/aromatic N) is 3. The number of non-ortho nitro benzene ring substituents is 1. The van der Waals surface area contributed by atoms with Crippen LogP contribution in [0.3, 0.4) is 0 Å². The molecule has 0 fully saturated rings. The van der Waals surface area contributed by atoms with Crippen molar-refractivity contribution in [2.45, 2.75) is 19.4 Å². The monoisotopic (exact) mass is 476 g/mol. The maximum absolute atomic E-state index is 11.4. The summed E-state index contributed by atoms with van der Waals surface area (Å²) in [5.41, 5.74) is 4.70. The molecule has 35 heavy (non-hydrogen) atoms. The molecule has 3 N–H and O–H groups in total. The van der Waals surface area contributed by atoms with Crippen molar-refractivity contribution >= 4 is 34.4 Å². The number of nitro groups is 2. The summed E-state index contributed by atoms with van der Waals surface area (Å²) in [6, 6.07) is 14.7. The minimum Gasteiger partial charge on any atom is -0.508 e. The lowest BCUT2D eigenvalue weighted by atomic mass is 9.92. The highest BCUT2D eigenvalue weighted by Gasteiger charge is 2.25. The Morgan fingerprint density at radius 1 is 1.00 bits per heavy atom. The molecule has 1 aliphatic heterocycles. The first-order valence-electron chi connectivity index (χ1n) is 10.4. The predicted octanol–water partition coefficient (Wildman–Crippen LogP) is 5.09. The number of anilines is 1. The molecule has 3 aromatic carbocycles. The van der Waals surface area contributed by atoms with E-state index in [-0.39, 0.29) is 23.6 Å². The van der Waals surface area contributed by atoms with Gasteiger partial charge in [0.25, 0.3) is 5.69 Å². The van der Waals surface area contributed by atoms with Gasteiger partial charge in [-0.05, 0) is 48.9 Å². The van der Waals surface area contributed by atoms with Gasteiger partial charge in [0.2, 0.25) is 0 Å². The second-order valence-electron chi connectivity index (χ2n) is 7.85. The zero-order chi connectivity index (χ0) is 25.1. The molecule has 1 unspecified atom stereocenters. The van der Waals surface area contributed by atoms with E-state index in [1.54, 1.807) is 43.3 Å². The molecule has 1 heterocycles. The van der Waals surface area contributed by atoms with Gasteiger partial charge in [0, 0.05) is 35.4 Å². The Morgan fingerprint density at radius 3 is 2.40 bits per heavy atom. The number of rotatable bonds is 7. The van der Waals surface area contributed by atoms with E-state index in [0.717, 1.165) is 28.8 Å². The van der Waals surface area contributed by atoms with Crippen LogP contribution >= 0.6 is 0 Å². The Balaban J connectivity index is 1.61. The molecular weight excluding hydrogens is 456 g/mol. The van der Waals surface area contributed by atoms with Crippen molar-refractivity contribution in [3.05, 3.63) is 92.0 Å². The lowest BCUT2D eigenvalue weighted by Gasteiger charge is -2.28. The second-order valence-corrected chi connectivity index (χ2v) is 7.85. The average molecular weight is 476 g/mol. The molecule has 3 aromatic rings. The minimum absolute atomic E-state index is 0.00841. The van der Waals surface area contributed by atoms with Crippen LogP contribution in [0.15, 0.2) is 65.8 Å². The average Bonchev–Trinajstić information content (AvgIpc) is 2.82. The SMILES string of the molecule is C/C(CC1Oc2cc(O)ccc2C=C1c1ccc(O)cc1)=N\Nc1ccc([N+](=O)[O-])cc1[N+](=O)[O-]. The summed E-state index contributed by atoms with van der Waals surface area (Å²) in [4.78, 5) is 20.9. The Hall–Kier alpha value is -4.93. The molecule has 0 saturated carbocycles. The summed E-state index contributed by atoms with van der Waals surface area (Å²) in [5, 5.41) is 46.0. The van der Waals surface area contributed by atoms with E-state index < -0.39 is 27.3 Å². The molecular formula is C24H20N4O7. The van der Waals surface area contributed by atoms with Gasteiger partial charge in [-0.1, -0.05) is 12.1 Å². The number of hydrogen-bond donors (Lipinski definition) is 3. The number of hydrogen-bond acceptors (Lipinski definition) is 9. The fourth-order valence-corrected chi connectivity index (χ4v) is 3.65. The number of benzene rings is 3. The van der Waals surface area contributed by atoms with Gasteiger partial charge in [0.05, 0.1) is 15.9 Å². The fraction of sp³-hybridized carbons (Fsp3) is 0.125. The summed E-state index contributed by atoms with van der Waals surface area (Å²) in [7, 11) is 0. The highest BCUT2D eigenvalue weighted by atomic mass is 16.6. The van der Waals surface area contributed by atoms with E-state index in [9.17, 15) is 30.4 Å². The van der Waals surface area contributed by atoms with Gasteiger partial charge in [-0.25, -0.2) is 0 Å². The molecule has 1 atom stereocenters. The van der Waals surface area contributed by atoms with Crippen molar-refractivity contribution in [3.63, 3.8) is 0 Å². The van der Waals surface area contributed by atoms with Gasteiger partial charge in [0.15, 0.2) is 0 Å². The van der Waals surface area contributed by atoms with Gasteiger partial charge in [-0.15, -0.1) is 0 Å². The molecule has 11 heteroatoms. The van der Waals surface area contributed by atoms with Gasteiger partial charge in [0.1, 0.15) is 29.0 Å². The number of aromatic hydroxyl groups is 2. The molecule has 0 radical (unpaired) electrons. The first-order chi connectivity index (χ1) is 16.7. The van der Waals surface area contributed by atoms with E-state index in [1.807, 2.05) is 6.08 Å². The number of fused-ring (bicyclic) bond motifs is 1. The smallest absolute Gasteiger partial charge is 0.301 e. The van der Waals surface area contributed by atoms with Gasteiger partial charge in [-0.2, -0.15) is 5.10 Å². The third kappa shape index (κ3) is 5.19. The zero-order valence-electron chi connectivity index (χ0n) is 18.4. The van der Waals surface area contributed by atoms with Gasteiger partial charge in [-0.3, -0.25) is 25.7 Å². The highest BCUT2D eigenvalue weighted by molar-refractivity contribution is 5.92. The van der Waals surface area contributed by atoms with Crippen LogP contribution in [0, 0.1) is 20.2 Å². The molecule has 11 nitrogen and oxygen atoms in total. The maximum Gasteiger partial charge on any atom is 0.301 e. The van der Waals surface area contributed by atoms with Crippen molar-refractivity contribution in [3.8, 4) is 17.2 Å². The van der Waals surface area contributed by atoms with E-state index in [4.69, 9.17) is 4.74 Å². The van der Waals surface area contributed by atoms with Crippen LogP contribution in [0.2, 0.25) is 0 Å². The first kappa shape index (κ1) is 23.2. The Labute approximate surface area is 198 Å². The van der Waals surface area contributed by atoms with Crippen molar-refractivity contribution in [1.82, 2.24) is 0 Å². The van der Waals surface area contributed by atoms with Crippen molar-refractivity contribution in [2.24, 2.45) is 5.10 Å². The summed E-state index contributed by atoms with van der Waals surface area (Å²) in [5.74, 6) is 0.672. The minimum atomic E-state index is -0.723. The van der Waals surface area contributed by atoms with Crippen LogP contribution in [-0.2, 0) is 0 Å². The molecule has 178 valence electrons. The van der Waals surface area contributed by atoms with E-state index in [1.165, 1.54) is 12.1 Å². The Bertz CT molecular complexity index is 1370. The van der Waals surface area contributed by atoms with Crippen LogP contribution in [0.25, 0.3) is 11.6 Å². The number of phenolic OH excluding ortho intramolecular Hbond substituents is 2. The van der Waals surface area contributed by atoms with Crippen LogP contribution in [0.1, 0.15) is 24.5 Å². The van der Waals surface area contributed by atoms with Crippen LogP contribution in [-0.4, -0.2) is 31.9 Å². The van der Waals surface area contributed by atoms with Crippen LogP contribution < -0.4 is 10.2 Å². The topological polar surface area (TPSA) is 160 Å². The molecule has 0 aromatic heterocycles. The van der Waals surface area contributed by atoms with E-state index in [0.29, 0.717) is 11.5 Å². The Morgan fingerprint density at radius 2 is 1.71 bits per heavy atom. The molecule has 0 amide bonds. The molecule has 1 aliphatic rings. The molecule has 0 aliphatic carbocycles. The van der Waals surface area contributed by atoms with Crippen LogP contribution in [0.4, 0.5) is 17.1 Å². The first-order valence-corrected chi connectivity index (χ1v) is 10.4. The summed E-state index contributed by atoms with van der Waals surface area (Å²) in [6.07, 6.45) is 1.71. The highest BCUT2D eigenvalue weighted by Crippen LogP contribution is 2.38. The lowest BCUT2D eigenvalue weighted by Crippen LogP contribution is -2.24. The van der Waals surface area contributed by atoms with E-state index in [2.05, 4.69) is 10.5 Å². The number of nitro benzene ring substituents is 2.